The third-order valence-corrected chi connectivity index (χ3v) is 4.13. The highest BCUT2D eigenvalue weighted by atomic mass is 16.6. The molecular weight excluding hydrogens is 304 g/mol. The highest BCUT2D eigenvalue weighted by Crippen LogP contribution is 2.20. The largest absolute Gasteiger partial charge is 0.503 e. The molecule has 0 rings (SSSR count). The lowest BCUT2D eigenvalue weighted by molar-refractivity contribution is 0.137. The van der Waals surface area contributed by atoms with Crippen molar-refractivity contribution in [3.8, 4) is 12.1 Å². The third-order valence-electron chi connectivity index (χ3n) is 4.13. The molecule has 5 heteroatoms. The van der Waals surface area contributed by atoms with Crippen LogP contribution in [0.5, 0.6) is 0 Å². The predicted molar refractivity (Wildman–Crippen MR) is 95.7 cm³/mol. The number of nitrogens with zero attached hydrogens (tertiary/aromatic N) is 2. The zero-order valence-corrected chi connectivity index (χ0v) is 15.2. The molecule has 138 valence electrons. The van der Waals surface area contributed by atoms with Gasteiger partial charge in [-0.15, -0.1) is 0 Å². The molecule has 1 unspecified atom stereocenters. The lowest BCUT2D eigenvalue weighted by atomic mass is 9.93. The Kier molecular flexibility index (Phi) is 21.7. The van der Waals surface area contributed by atoms with Crippen molar-refractivity contribution in [2.24, 2.45) is 5.92 Å². The van der Waals surface area contributed by atoms with Crippen molar-refractivity contribution in [3.63, 3.8) is 0 Å². The van der Waals surface area contributed by atoms with Gasteiger partial charge in [0.1, 0.15) is 0 Å². The van der Waals surface area contributed by atoms with Crippen molar-refractivity contribution in [2.45, 2.75) is 96.8 Å². The van der Waals surface area contributed by atoms with E-state index >= 15 is 0 Å². The first-order valence-corrected chi connectivity index (χ1v) is 9.24. The van der Waals surface area contributed by atoms with Crippen molar-refractivity contribution < 1.29 is 15.0 Å². The smallest absolute Gasteiger partial charge is 0.450 e. The highest BCUT2D eigenvalue weighted by Gasteiger charge is 2.05. The maximum Gasteiger partial charge on any atom is 0.503 e. The summed E-state index contributed by atoms with van der Waals surface area (Å²) >= 11 is 0. The molecule has 0 aliphatic carbocycles. The Morgan fingerprint density at radius 1 is 0.792 bits per heavy atom. The second-order valence-corrected chi connectivity index (χ2v) is 6.13. The molecule has 0 heterocycles. The molecule has 0 saturated heterocycles. The number of carbonyl (C=O) groups is 1. The Balaban J connectivity index is 0. The molecule has 0 aliphatic rings. The van der Waals surface area contributed by atoms with Crippen LogP contribution in [0.2, 0.25) is 0 Å². The van der Waals surface area contributed by atoms with Gasteiger partial charge in [0.05, 0.1) is 12.1 Å². The monoisotopic (exact) mass is 338 g/mol. The minimum atomic E-state index is -1.83. The van der Waals surface area contributed by atoms with E-state index in [0.717, 1.165) is 31.6 Å². The van der Waals surface area contributed by atoms with Crippen molar-refractivity contribution in [1.82, 2.24) is 0 Å². The zero-order valence-electron chi connectivity index (χ0n) is 15.2. The van der Waals surface area contributed by atoms with Crippen molar-refractivity contribution in [2.75, 3.05) is 0 Å². The molecule has 0 saturated carbocycles. The highest BCUT2D eigenvalue weighted by molar-refractivity contribution is 5.53. The number of carboxylic acid groups (broad SMARTS) is 2. The van der Waals surface area contributed by atoms with Gasteiger partial charge in [-0.2, -0.15) is 10.5 Å². The SMILES string of the molecule is CCC(CCCC#N)CCCCCCCCCCC#N.O=C(O)O. The van der Waals surface area contributed by atoms with Crippen molar-refractivity contribution in [1.29, 1.82) is 10.5 Å². The van der Waals surface area contributed by atoms with Gasteiger partial charge in [-0.1, -0.05) is 64.7 Å². The van der Waals surface area contributed by atoms with Gasteiger partial charge in [0.15, 0.2) is 0 Å². The van der Waals surface area contributed by atoms with Crippen LogP contribution in [0, 0.1) is 28.6 Å². The van der Waals surface area contributed by atoms with Crippen LogP contribution >= 0.6 is 0 Å². The summed E-state index contributed by atoms with van der Waals surface area (Å²) in [6.07, 6.45) is 15.0. The van der Waals surface area contributed by atoms with E-state index in [1.54, 1.807) is 0 Å². The fourth-order valence-corrected chi connectivity index (χ4v) is 2.72. The minimum absolute atomic E-state index is 0.725. The second-order valence-electron chi connectivity index (χ2n) is 6.13. The summed E-state index contributed by atoms with van der Waals surface area (Å²) in [5.74, 6) is 0.842. The third kappa shape index (κ3) is 25.2. The summed E-state index contributed by atoms with van der Waals surface area (Å²) < 4.78 is 0. The summed E-state index contributed by atoms with van der Waals surface area (Å²) in [6, 6.07) is 4.44. The van der Waals surface area contributed by atoms with Gasteiger partial charge in [-0.05, 0) is 25.2 Å². The maximum absolute atomic E-state index is 8.56. The van der Waals surface area contributed by atoms with Gasteiger partial charge < -0.3 is 10.2 Å². The van der Waals surface area contributed by atoms with Gasteiger partial charge in [0, 0.05) is 12.8 Å². The van der Waals surface area contributed by atoms with Gasteiger partial charge >= 0.3 is 6.16 Å². The average molecular weight is 338 g/mol. The Labute approximate surface area is 147 Å². The molecule has 0 aromatic rings. The summed E-state index contributed by atoms with van der Waals surface area (Å²) in [5, 5.41) is 30.9. The van der Waals surface area contributed by atoms with E-state index in [4.69, 9.17) is 25.5 Å². The molecule has 0 fully saturated rings. The van der Waals surface area contributed by atoms with Crippen LogP contribution < -0.4 is 0 Å². The molecule has 1 atom stereocenters. The molecule has 0 radical (unpaired) electrons. The van der Waals surface area contributed by atoms with Crippen LogP contribution in [0.25, 0.3) is 0 Å². The quantitative estimate of drug-likeness (QED) is 0.359. The van der Waals surface area contributed by atoms with Crippen LogP contribution in [0.3, 0.4) is 0 Å². The Morgan fingerprint density at radius 2 is 1.17 bits per heavy atom. The van der Waals surface area contributed by atoms with Gasteiger partial charge in [0.2, 0.25) is 0 Å². The zero-order chi connectivity index (χ0) is 18.5. The van der Waals surface area contributed by atoms with E-state index < -0.39 is 6.16 Å². The van der Waals surface area contributed by atoms with E-state index in [1.807, 2.05) is 0 Å². The van der Waals surface area contributed by atoms with Gasteiger partial charge in [-0.25, -0.2) is 4.79 Å². The Bertz CT molecular complexity index is 355. The molecule has 0 amide bonds. The Hall–Kier alpha value is -1.75. The van der Waals surface area contributed by atoms with Crippen LogP contribution in [0.4, 0.5) is 4.79 Å². The summed E-state index contributed by atoms with van der Waals surface area (Å²) in [4.78, 5) is 8.56. The number of hydrogen-bond acceptors (Lipinski definition) is 3. The first-order chi connectivity index (χ1) is 11.6. The van der Waals surface area contributed by atoms with E-state index in [0.29, 0.717) is 0 Å². The predicted octanol–water partition coefficient (Wildman–Crippen LogP) is 6.35. The standard InChI is InChI=1S/C18H32N2.CH2O3/c1-2-18(15-11-13-17-20)14-10-8-6-4-3-5-7-9-12-16-19;2-1(3)4/h18H,2-15H2,1H3;(H2,2,3,4). The maximum atomic E-state index is 8.56. The summed E-state index contributed by atoms with van der Waals surface area (Å²) in [7, 11) is 0. The number of unbranched alkanes of at least 4 members (excludes halogenated alkanes) is 9. The molecule has 0 spiro atoms. The Morgan fingerprint density at radius 3 is 1.62 bits per heavy atom. The first-order valence-electron chi connectivity index (χ1n) is 9.24. The normalized spacial score (nSPS) is 10.8. The molecular formula is C19H34N2O3. The van der Waals surface area contributed by atoms with Gasteiger partial charge in [0.25, 0.3) is 0 Å². The van der Waals surface area contributed by atoms with Crippen molar-refractivity contribution in [3.05, 3.63) is 0 Å². The second kappa shape index (κ2) is 21.2. The average Bonchev–Trinajstić information content (AvgIpc) is 2.54. The molecule has 0 bridgehead atoms. The van der Waals surface area contributed by atoms with Crippen LogP contribution in [-0.2, 0) is 0 Å². The van der Waals surface area contributed by atoms with Gasteiger partial charge in [-0.3, -0.25) is 0 Å². The lowest BCUT2D eigenvalue weighted by Gasteiger charge is -2.13. The van der Waals surface area contributed by atoms with Crippen molar-refractivity contribution >= 4 is 6.16 Å². The number of hydrogen-bond donors (Lipinski definition) is 2. The van der Waals surface area contributed by atoms with E-state index in [9.17, 15) is 0 Å². The minimum Gasteiger partial charge on any atom is -0.450 e. The fourth-order valence-electron chi connectivity index (χ4n) is 2.72. The topological polar surface area (TPSA) is 105 Å². The summed E-state index contributed by atoms with van der Waals surface area (Å²) in [6.45, 7) is 2.28. The van der Waals surface area contributed by atoms with E-state index in [2.05, 4.69) is 19.1 Å². The van der Waals surface area contributed by atoms with E-state index in [1.165, 1.54) is 64.2 Å². The fraction of sp³-hybridized carbons (Fsp3) is 0.842. The molecule has 24 heavy (non-hydrogen) atoms. The van der Waals surface area contributed by atoms with Crippen LogP contribution in [0.15, 0.2) is 0 Å². The molecule has 2 N–H and O–H groups in total. The molecule has 0 aromatic carbocycles. The molecule has 0 aliphatic heterocycles. The summed E-state index contributed by atoms with van der Waals surface area (Å²) in [5.41, 5.74) is 0. The number of rotatable bonds is 14. The van der Waals surface area contributed by atoms with Crippen LogP contribution in [-0.4, -0.2) is 16.4 Å². The molecule has 5 nitrogen and oxygen atoms in total. The van der Waals surface area contributed by atoms with E-state index in [-0.39, 0.29) is 0 Å². The van der Waals surface area contributed by atoms with Crippen LogP contribution in [0.1, 0.15) is 96.8 Å². The first kappa shape index (κ1) is 24.5. The molecule has 0 aromatic heterocycles. The lowest BCUT2D eigenvalue weighted by Crippen LogP contribution is -1.98. The number of nitriles is 2.